The molecule has 27 heavy (non-hydrogen) atoms. The van der Waals surface area contributed by atoms with E-state index in [0.717, 1.165) is 53.7 Å². The van der Waals surface area contributed by atoms with Gasteiger partial charge in [-0.3, -0.25) is 0 Å². The van der Waals surface area contributed by atoms with Gasteiger partial charge in [0.15, 0.2) is 5.58 Å². The summed E-state index contributed by atoms with van der Waals surface area (Å²) in [7, 11) is 0. The second-order valence-electron chi connectivity index (χ2n) is 6.58. The Morgan fingerprint density at radius 1 is 0.926 bits per heavy atom. The number of benzene rings is 2. The molecule has 0 saturated carbocycles. The maximum atomic E-state index is 5.98. The molecule has 0 aliphatic carbocycles. The standard InChI is InChI=1S/C20H18N4O3/c21-20-24-17-10-13(2-4-18(17)27-20)12-1-3-15-16(9-12)23-19(11-22-15)26-14-5-7-25-8-6-14/h1-4,9-11,14H,5-8H2,(H2,21,24). The molecule has 0 bridgehead atoms. The van der Waals surface area contributed by atoms with E-state index in [1.165, 1.54) is 0 Å². The summed E-state index contributed by atoms with van der Waals surface area (Å²) in [6.45, 7) is 1.45. The fourth-order valence-electron chi connectivity index (χ4n) is 3.32. The molecule has 1 saturated heterocycles. The van der Waals surface area contributed by atoms with E-state index in [2.05, 4.69) is 15.0 Å². The Bertz CT molecular complexity index is 1120. The van der Waals surface area contributed by atoms with Crippen LogP contribution in [0.3, 0.4) is 0 Å². The second kappa shape index (κ2) is 6.51. The minimum atomic E-state index is 0.133. The van der Waals surface area contributed by atoms with Gasteiger partial charge in [0, 0.05) is 12.8 Å². The van der Waals surface area contributed by atoms with Crippen LogP contribution in [0, 0.1) is 0 Å². The molecule has 2 N–H and O–H groups in total. The maximum Gasteiger partial charge on any atom is 0.292 e. The van der Waals surface area contributed by atoms with Crippen molar-refractivity contribution in [2.75, 3.05) is 18.9 Å². The molecular formula is C20H18N4O3. The number of fused-ring (bicyclic) bond motifs is 2. The van der Waals surface area contributed by atoms with Gasteiger partial charge < -0.3 is 19.6 Å². The number of hydrogen-bond acceptors (Lipinski definition) is 7. The predicted molar refractivity (Wildman–Crippen MR) is 101 cm³/mol. The van der Waals surface area contributed by atoms with E-state index in [1.807, 2.05) is 36.4 Å². The van der Waals surface area contributed by atoms with Crippen LogP contribution in [0.15, 0.2) is 47.0 Å². The highest BCUT2D eigenvalue weighted by atomic mass is 16.5. The maximum absolute atomic E-state index is 5.98. The van der Waals surface area contributed by atoms with E-state index in [9.17, 15) is 0 Å². The summed E-state index contributed by atoms with van der Waals surface area (Å²) in [6.07, 6.45) is 3.57. The summed E-state index contributed by atoms with van der Waals surface area (Å²) in [6, 6.07) is 11.9. The summed E-state index contributed by atoms with van der Waals surface area (Å²) >= 11 is 0. The molecule has 7 heteroatoms. The Kier molecular flexibility index (Phi) is 3.86. The van der Waals surface area contributed by atoms with Crippen LogP contribution in [0.4, 0.5) is 6.01 Å². The second-order valence-corrected chi connectivity index (χ2v) is 6.58. The van der Waals surface area contributed by atoms with Gasteiger partial charge in [0.2, 0.25) is 5.88 Å². The average molecular weight is 362 g/mol. The molecule has 1 aliphatic heterocycles. The molecule has 3 heterocycles. The summed E-state index contributed by atoms with van der Waals surface area (Å²) in [4.78, 5) is 13.3. The van der Waals surface area contributed by atoms with E-state index >= 15 is 0 Å². The zero-order chi connectivity index (χ0) is 18.2. The number of nitrogens with zero attached hydrogens (tertiary/aromatic N) is 3. The minimum absolute atomic E-state index is 0.133. The van der Waals surface area contributed by atoms with E-state index < -0.39 is 0 Å². The summed E-state index contributed by atoms with van der Waals surface area (Å²) in [5.74, 6) is 0.547. The fraction of sp³-hybridized carbons (Fsp3) is 0.250. The molecule has 5 rings (SSSR count). The molecule has 7 nitrogen and oxygen atoms in total. The highest BCUT2D eigenvalue weighted by molar-refractivity contribution is 5.85. The first kappa shape index (κ1) is 16.0. The first-order valence-corrected chi connectivity index (χ1v) is 8.92. The molecule has 0 amide bonds. The first-order chi connectivity index (χ1) is 13.2. The van der Waals surface area contributed by atoms with Crippen LogP contribution in [0.5, 0.6) is 5.88 Å². The molecule has 4 aromatic rings. The summed E-state index contributed by atoms with van der Waals surface area (Å²) in [5, 5.41) is 0. The number of hydrogen-bond donors (Lipinski definition) is 1. The molecule has 1 fully saturated rings. The van der Waals surface area contributed by atoms with Gasteiger partial charge in [0.05, 0.1) is 30.4 Å². The third-order valence-corrected chi connectivity index (χ3v) is 4.71. The lowest BCUT2D eigenvalue weighted by Gasteiger charge is -2.22. The molecule has 0 radical (unpaired) electrons. The van der Waals surface area contributed by atoms with Crippen molar-refractivity contribution in [1.82, 2.24) is 15.0 Å². The van der Waals surface area contributed by atoms with Crippen molar-refractivity contribution in [2.45, 2.75) is 18.9 Å². The molecule has 2 aromatic heterocycles. The normalized spacial score (nSPS) is 15.4. The molecule has 0 unspecified atom stereocenters. The monoisotopic (exact) mass is 362 g/mol. The Labute approximate surface area is 155 Å². The summed E-state index contributed by atoms with van der Waals surface area (Å²) < 4.78 is 16.7. The highest BCUT2D eigenvalue weighted by Gasteiger charge is 2.16. The minimum Gasteiger partial charge on any atom is -0.473 e. The molecule has 136 valence electrons. The van der Waals surface area contributed by atoms with Gasteiger partial charge >= 0.3 is 0 Å². The van der Waals surface area contributed by atoms with Gasteiger partial charge in [-0.15, -0.1) is 0 Å². The number of oxazole rings is 1. The largest absolute Gasteiger partial charge is 0.473 e. The third-order valence-electron chi connectivity index (χ3n) is 4.71. The van der Waals surface area contributed by atoms with Crippen molar-refractivity contribution in [3.8, 4) is 17.0 Å². The van der Waals surface area contributed by atoms with Crippen LogP contribution in [-0.2, 0) is 4.74 Å². The quantitative estimate of drug-likeness (QED) is 0.595. The van der Waals surface area contributed by atoms with Crippen molar-refractivity contribution >= 4 is 28.1 Å². The Morgan fingerprint density at radius 3 is 2.56 bits per heavy atom. The van der Waals surface area contributed by atoms with Crippen molar-refractivity contribution < 1.29 is 13.9 Å². The lowest BCUT2D eigenvalue weighted by atomic mass is 10.0. The van der Waals surface area contributed by atoms with Crippen LogP contribution in [-0.4, -0.2) is 34.3 Å². The van der Waals surface area contributed by atoms with E-state index in [-0.39, 0.29) is 12.1 Å². The number of rotatable bonds is 3. The average Bonchev–Trinajstić information content (AvgIpc) is 3.07. The van der Waals surface area contributed by atoms with Crippen LogP contribution in [0.25, 0.3) is 33.3 Å². The Balaban J connectivity index is 1.48. The van der Waals surface area contributed by atoms with Crippen molar-refractivity contribution in [1.29, 1.82) is 0 Å². The Morgan fingerprint density at radius 2 is 1.70 bits per heavy atom. The van der Waals surface area contributed by atoms with E-state index in [4.69, 9.17) is 19.6 Å². The first-order valence-electron chi connectivity index (χ1n) is 8.92. The van der Waals surface area contributed by atoms with Gasteiger partial charge in [-0.25, -0.2) is 9.97 Å². The highest BCUT2D eigenvalue weighted by Crippen LogP contribution is 2.28. The van der Waals surface area contributed by atoms with Gasteiger partial charge in [0.25, 0.3) is 6.01 Å². The molecule has 1 aliphatic rings. The number of nitrogen functional groups attached to an aromatic ring is 1. The number of aromatic nitrogens is 3. The van der Waals surface area contributed by atoms with Crippen LogP contribution in [0.2, 0.25) is 0 Å². The lowest BCUT2D eigenvalue weighted by molar-refractivity contribution is 0.0237. The Hall–Kier alpha value is -3.19. The van der Waals surface area contributed by atoms with Crippen LogP contribution >= 0.6 is 0 Å². The van der Waals surface area contributed by atoms with Gasteiger partial charge in [0.1, 0.15) is 11.6 Å². The van der Waals surface area contributed by atoms with Gasteiger partial charge in [-0.05, 0) is 35.4 Å². The molecular weight excluding hydrogens is 344 g/mol. The molecule has 2 aromatic carbocycles. The number of nitrogens with two attached hydrogens (primary N) is 1. The number of ether oxygens (including phenoxy) is 2. The van der Waals surface area contributed by atoms with Crippen molar-refractivity contribution in [3.05, 3.63) is 42.6 Å². The van der Waals surface area contributed by atoms with Gasteiger partial charge in [-0.1, -0.05) is 12.1 Å². The zero-order valence-corrected chi connectivity index (χ0v) is 14.6. The third kappa shape index (κ3) is 3.17. The van der Waals surface area contributed by atoms with Crippen LogP contribution < -0.4 is 10.5 Å². The van der Waals surface area contributed by atoms with Crippen LogP contribution in [0.1, 0.15) is 12.8 Å². The van der Waals surface area contributed by atoms with Crippen molar-refractivity contribution in [2.24, 2.45) is 0 Å². The fourth-order valence-corrected chi connectivity index (χ4v) is 3.32. The van der Waals surface area contributed by atoms with Crippen molar-refractivity contribution in [3.63, 3.8) is 0 Å². The zero-order valence-electron chi connectivity index (χ0n) is 14.6. The SMILES string of the molecule is Nc1nc2cc(-c3ccc4ncc(OC5CCOCC5)nc4c3)ccc2o1. The van der Waals surface area contributed by atoms with E-state index in [0.29, 0.717) is 11.5 Å². The van der Waals surface area contributed by atoms with Gasteiger partial charge in [-0.2, -0.15) is 4.98 Å². The van der Waals surface area contributed by atoms with E-state index in [1.54, 1.807) is 6.20 Å². The lowest BCUT2D eigenvalue weighted by Crippen LogP contribution is -2.26. The predicted octanol–water partition coefficient (Wildman–Crippen LogP) is 3.58. The molecule has 0 spiro atoms. The summed E-state index contributed by atoms with van der Waals surface area (Å²) in [5.41, 5.74) is 10.7. The smallest absolute Gasteiger partial charge is 0.292 e. The topological polar surface area (TPSA) is 96.3 Å². The number of anilines is 1. The molecule has 0 atom stereocenters.